The van der Waals surface area contributed by atoms with Gasteiger partial charge in [0, 0.05) is 6.04 Å². The van der Waals surface area contributed by atoms with E-state index in [-0.39, 0.29) is 11.3 Å². The highest BCUT2D eigenvalue weighted by molar-refractivity contribution is 5.82. The van der Waals surface area contributed by atoms with E-state index in [1.165, 1.54) is 25.7 Å². The van der Waals surface area contributed by atoms with Crippen LogP contribution in [0.15, 0.2) is 0 Å². The number of fused-ring (bicyclic) bond motifs is 2. The van der Waals surface area contributed by atoms with Crippen molar-refractivity contribution >= 4 is 5.91 Å². The van der Waals surface area contributed by atoms with Crippen molar-refractivity contribution in [3.63, 3.8) is 0 Å². The van der Waals surface area contributed by atoms with Gasteiger partial charge in [0.25, 0.3) is 0 Å². The van der Waals surface area contributed by atoms with Crippen LogP contribution in [0, 0.1) is 17.3 Å². The monoisotopic (exact) mass is 224 g/mol. The van der Waals surface area contributed by atoms with E-state index in [9.17, 15) is 4.79 Å². The van der Waals surface area contributed by atoms with Crippen LogP contribution in [-0.4, -0.2) is 18.0 Å². The number of carbonyl (C=O) groups excluding carboxylic acids is 1. The number of hydrogen-bond donors (Lipinski definition) is 2. The minimum absolute atomic E-state index is 0.0325. The lowest BCUT2D eigenvalue weighted by molar-refractivity contribution is -0.125. The van der Waals surface area contributed by atoms with Gasteiger partial charge in [-0.2, -0.15) is 0 Å². The summed E-state index contributed by atoms with van der Waals surface area (Å²) < 4.78 is 0. The first kappa shape index (κ1) is 11.9. The van der Waals surface area contributed by atoms with Gasteiger partial charge in [-0.05, 0) is 36.5 Å². The Hall–Kier alpha value is -0.570. The molecule has 2 rings (SSSR count). The van der Waals surface area contributed by atoms with Crippen molar-refractivity contribution in [3.05, 3.63) is 0 Å². The largest absolute Gasteiger partial charge is 0.352 e. The standard InChI is InChI=1S/C13H24N2O/c1-13(2,3)11(14)12(16)15-10-7-8-4-5-9(10)6-8/h8-11H,4-7,14H2,1-3H3,(H,15,16). The molecule has 3 N–H and O–H groups in total. The van der Waals surface area contributed by atoms with Gasteiger partial charge < -0.3 is 11.1 Å². The van der Waals surface area contributed by atoms with Crippen molar-refractivity contribution in [2.75, 3.05) is 0 Å². The summed E-state index contributed by atoms with van der Waals surface area (Å²) in [5.41, 5.74) is 5.81. The van der Waals surface area contributed by atoms with Gasteiger partial charge >= 0.3 is 0 Å². The molecule has 0 spiro atoms. The van der Waals surface area contributed by atoms with Gasteiger partial charge in [0.15, 0.2) is 0 Å². The molecule has 2 fully saturated rings. The Morgan fingerprint density at radius 3 is 2.44 bits per heavy atom. The van der Waals surface area contributed by atoms with E-state index in [2.05, 4.69) is 5.32 Å². The Balaban J connectivity index is 1.88. The summed E-state index contributed by atoms with van der Waals surface area (Å²) in [5, 5.41) is 3.15. The Morgan fingerprint density at radius 1 is 1.31 bits per heavy atom. The Bertz CT molecular complexity index is 282. The predicted molar refractivity (Wildman–Crippen MR) is 64.8 cm³/mol. The Kier molecular flexibility index (Phi) is 2.99. The summed E-state index contributed by atoms with van der Waals surface area (Å²) in [7, 11) is 0. The van der Waals surface area contributed by atoms with Gasteiger partial charge in [0.1, 0.15) is 0 Å². The van der Waals surface area contributed by atoms with Gasteiger partial charge in [-0.3, -0.25) is 4.79 Å². The number of nitrogens with two attached hydrogens (primary N) is 1. The topological polar surface area (TPSA) is 55.1 Å². The lowest BCUT2D eigenvalue weighted by Crippen LogP contribution is -2.52. The van der Waals surface area contributed by atoms with Crippen LogP contribution in [0.2, 0.25) is 0 Å². The molecule has 1 amide bonds. The number of rotatable bonds is 2. The van der Waals surface area contributed by atoms with Crippen LogP contribution in [0.25, 0.3) is 0 Å². The molecule has 0 aromatic heterocycles. The first-order chi connectivity index (χ1) is 7.38. The fourth-order valence-electron chi connectivity index (χ4n) is 3.09. The van der Waals surface area contributed by atoms with E-state index < -0.39 is 6.04 Å². The van der Waals surface area contributed by atoms with Crippen molar-refractivity contribution in [2.24, 2.45) is 23.0 Å². The summed E-state index contributed by atoms with van der Waals surface area (Å²) in [5.74, 6) is 1.62. The molecule has 3 nitrogen and oxygen atoms in total. The zero-order chi connectivity index (χ0) is 11.9. The maximum absolute atomic E-state index is 12.0. The molecule has 4 atom stereocenters. The third kappa shape index (κ3) is 2.24. The maximum atomic E-state index is 12.0. The van der Waals surface area contributed by atoms with Crippen molar-refractivity contribution in [1.29, 1.82) is 0 Å². The molecule has 16 heavy (non-hydrogen) atoms. The quantitative estimate of drug-likeness (QED) is 0.749. The second-order valence-electron chi connectivity index (χ2n) is 6.63. The number of hydrogen-bond acceptors (Lipinski definition) is 2. The minimum Gasteiger partial charge on any atom is -0.352 e. The van der Waals surface area contributed by atoms with Crippen LogP contribution >= 0.6 is 0 Å². The van der Waals surface area contributed by atoms with Crippen LogP contribution in [0.5, 0.6) is 0 Å². The summed E-state index contributed by atoms with van der Waals surface area (Å²) in [4.78, 5) is 12.0. The third-order valence-electron chi connectivity index (χ3n) is 4.28. The Morgan fingerprint density at radius 2 is 2.00 bits per heavy atom. The number of nitrogens with one attached hydrogen (secondary N) is 1. The summed E-state index contributed by atoms with van der Waals surface area (Å²) in [6.07, 6.45) is 5.14. The number of amides is 1. The smallest absolute Gasteiger partial charge is 0.237 e. The molecule has 3 heteroatoms. The van der Waals surface area contributed by atoms with Gasteiger partial charge in [-0.15, -0.1) is 0 Å². The van der Waals surface area contributed by atoms with Gasteiger partial charge in [0.05, 0.1) is 6.04 Å². The van der Waals surface area contributed by atoms with E-state index in [1.807, 2.05) is 20.8 Å². The highest BCUT2D eigenvalue weighted by atomic mass is 16.2. The van der Waals surface area contributed by atoms with E-state index in [4.69, 9.17) is 5.73 Å². The van der Waals surface area contributed by atoms with Crippen LogP contribution in [0.1, 0.15) is 46.5 Å². The van der Waals surface area contributed by atoms with Crippen molar-refractivity contribution < 1.29 is 4.79 Å². The molecule has 0 aliphatic heterocycles. The lowest BCUT2D eigenvalue weighted by atomic mass is 9.86. The second kappa shape index (κ2) is 4.02. The molecular weight excluding hydrogens is 200 g/mol. The first-order valence-electron chi connectivity index (χ1n) is 6.44. The molecule has 2 bridgehead atoms. The first-order valence-corrected chi connectivity index (χ1v) is 6.44. The molecule has 0 aromatic carbocycles. The van der Waals surface area contributed by atoms with Crippen LogP contribution in [0.3, 0.4) is 0 Å². The predicted octanol–water partition coefficient (Wildman–Crippen LogP) is 1.66. The maximum Gasteiger partial charge on any atom is 0.237 e. The minimum atomic E-state index is -0.397. The summed E-state index contributed by atoms with van der Waals surface area (Å²) >= 11 is 0. The molecule has 0 radical (unpaired) electrons. The molecular formula is C13H24N2O. The van der Waals surface area contributed by atoms with E-state index in [0.717, 1.165) is 11.8 Å². The molecule has 2 aliphatic carbocycles. The van der Waals surface area contributed by atoms with Gasteiger partial charge in [-0.1, -0.05) is 27.2 Å². The fourth-order valence-corrected chi connectivity index (χ4v) is 3.09. The summed E-state index contributed by atoms with van der Waals surface area (Å²) in [6.45, 7) is 6.04. The average Bonchev–Trinajstić information content (AvgIpc) is 2.76. The average molecular weight is 224 g/mol. The highest BCUT2D eigenvalue weighted by Gasteiger charge is 2.41. The third-order valence-corrected chi connectivity index (χ3v) is 4.28. The summed E-state index contributed by atoms with van der Waals surface area (Å²) in [6, 6.07) is 0.00581. The van der Waals surface area contributed by atoms with E-state index in [1.54, 1.807) is 0 Å². The normalized spacial score (nSPS) is 35.1. The number of carbonyl (C=O) groups is 1. The van der Waals surface area contributed by atoms with E-state index >= 15 is 0 Å². The highest BCUT2D eigenvalue weighted by Crippen LogP contribution is 2.44. The molecule has 92 valence electrons. The van der Waals surface area contributed by atoms with Crippen LogP contribution in [0.4, 0.5) is 0 Å². The van der Waals surface area contributed by atoms with Gasteiger partial charge in [0.2, 0.25) is 5.91 Å². The Labute approximate surface area is 98.2 Å². The molecule has 0 heterocycles. The van der Waals surface area contributed by atoms with Crippen LogP contribution in [-0.2, 0) is 4.79 Å². The fraction of sp³-hybridized carbons (Fsp3) is 0.923. The second-order valence-corrected chi connectivity index (χ2v) is 6.63. The van der Waals surface area contributed by atoms with Crippen molar-refractivity contribution in [1.82, 2.24) is 5.32 Å². The molecule has 2 aliphatic rings. The SMILES string of the molecule is CC(C)(C)C(N)C(=O)NC1CC2CCC1C2. The molecule has 0 aromatic rings. The zero-order valence-electron chi connectivity index (χ0n) is 10.6. The van der Waals surface area contributed by atoms with Crippen molar-refractivity contribution in [2.45, 2.75) is 58.5 Å². The molecule has 4 unspecified atom stereocenters. The lowest BCUT2D eigenvalue weighted by Gasteiger charge is -2.29. The van der Waals surface area contributed by atoms with Gasteiger partial charge in [-0.25, -0.2) is 0 Å². The molecule has 2 saturated carbocycles. The van der Waals surface area contributed by atoms with Crippen molar-refractivity contribution in [3.8, 4) is 0 Å². The zero-order valence-corrected chi connectivity index (χ0v) is 10.6. The molecule has 0 saturated heterocycles. The van der Waals surface area contributed by atoms with Crippen LogP contribution < -0.4 is 11.1 Å². The van der Waals surface area contributed by atoms with E-state index in [0.29, 0.717) is 6.04 Å².